The Kier molecular flexibility index (Phi) is 5.43. The number of ketones is 1. The molecule has 0 saturated carbocycles. The Morgan fingerprint density at radius 3 is 2.61 bits per heavy atom. The van der Waals surface area contributed by atoms with Crippen LogP contribution in [-0.4, -0.2) is 61.0 Å². The average molecular weight is 427 g/mol. The molecular formula is C22H21NO8. The summed E-state index contributed by atoms with van der Waals surface area (Å²) in [5.74, 6) is -0.901. The van der Waals surface area contributed by atoms with Crippen molar-refractivity contribution in [1.82, 2.24) is 4.90 Å². The number of amides is 1. The highest BCUT2D eigenvalue weighted by atomic mass is 16.7. The first-order valence-electron chi connectivity index (χ1n) is 9.50. The van der Waals surface area contributed by atoms with Crippen molar-refractivity contribution in [3.05, 3.63) is 53.1 Å². The highest BCUT2D eigenvalue weighted by molar-refractivity contribution is 6.46. The van der Waals surface area contributed by atoms with Crippen LogP contribution in [0.1, 0.15) is 17.2 Å². The zero-order valence-corrected chi connectivity index (χ0v) is 17.0. The van der Waals surface area contributed by atoms with Gasteiger partial charge < -0.3 is 34.1 Å². The highest BCUT2D eigenvalue weighted by Crippen LogP contribution is 2.42. The number of carbonyl (C=O) groups excluding carboxylic acids is 2. The van der Waals surface area contributed by atoms with Crippen LogP contribution in [-0.2, 0) is 14.3 Å². The van der Waals surface area contributed by atoms with Gasteiger partial charge in [-0.1, -0.05) is 6.07 Å². The number of fused-ring (bicyclic) bond motifs is 1. The van der Waals surface area contributed by atoms with Gasteiger partial charge in [-0.25, -0.2) is 0 Å². The van der Waals surface area contributed by atoms with E-state index in [1.807, 2.05) is 0 Å². The van der Waals surface area contributed by atoms with E-state index in [1.54, 1.807) is 24.3 Å². The number of aliphatic hydroxyl groups is 1. The number of aromatic hydroxyl groups is 1. The predicted octanol–water partition coefficient (Wildman–Crippen LogP) is 2.20. The number of phenols is 1. The predicted molar refractivity (Wildman–Crippen MR) is 108 cm³/mol. The van der Waals surface area contributed by atoms with E-state index in [-0.39, 0.29) is 42.8 Å². The average Bonchev–Trinajstić information content (AvgIpc) is 3.34. The van der Waals surface area contributed by atoms with Gasteiger partial charge in [0.2, 0.25) is 6.79 Å². The third-order valence-electron chi connectivity index (χ3n) is 5.24. The Hall–Kier alpha value is -3.72. The standard InChI is InChI=1S/C22H21NO8/c1-28-8-7-23-19(12-3-5-15(29-2)14(24)9-12)18(21(26)22(23)27)20(25)13-4-6-16-17(10-13)31-11-30-16/h3-6,9-10,19,24-25H,7-8,11H2,1-2H3/b20-18-. The smallest absolute Gasteiger partial charge is 0.295 e. The first-order chi connectivity index (χ1) is 15.0. The normalized spacial score (nSPS) is 19.2. The van der Waals surface area contributed by atoms with Crippen LogP contribution in [0, 0.1) is 0 Å². The van der Waals surface area contributed by atoms with Gasteiger partial charge in [-0.2, -0.15) is 0 Å². The molecule has 1 saturated heterocycles. The van der Waals surface area contributed by atoms with Crippen molar-refractivity contribution in [3.8, 4) is 23.0 Å². The minimum Gasteiger partial charge on any atom is -0.507 e. The van der Waals surface area contributed by atoms with Crippen LogP contribution in [0.5, 0.6) is 23.0 Å². The number of phenolic OH excluding ortho intramolecular Hbond substituents is 1. The number of rotatable bonds is 6. The molecule has 162 valence electrons. The molecule has 2 aliphatic rings. The van der Waals surface area contributed by atoms with Crippen LogP contribution in [0.4, 0.5) is 0 Å². The van der Waals surface area contributed by atoms with Crippen molar-refractivity contribution >= 4 is 17.4 Å². The van der Waals surface area contributed by atoms with Crippen LogP contribution in [0.2, 0.25) is 0 Å². The number of methoxy groups -OCH3 is 2. The molecular weight excluding hydrogens is 406 g/mol. The van der Waals surface area contributed by atoms with E-state index in [0.29, 0.717) is 22.6 Å². The summed E-state index contributed by atoms with van der Waals surface area (Å²) in [6.07, 6.45) is 0. The minimum absolute atomic E-state index is 0.0616. The summed E-state index contributed by atoms with van der Waals surface area (Å²) in [5, 5.41) is 21.3. The van der Waals surface area contributed by atoms with Crippen LogP contribution in [0.3, 0.4) is 0 Å². The molecule has 31 heavy (non-hydrogen) atoms. The first-order valence-corrected chi connectivity index (χ1v) is 9.50. The lowest BCUT2D eigenvalue weighted by atomic mass is 9.95. The number of aliphatic hydroxyl groups excluding tert-OH is 1. The Labute approximate surface area is 178 Å². The van der Waals surface area contributed by atoms with Gasteiger partial charge in [-0.05, 0) is 35.9 Å². The SMILES string of the molecule is COCCN1C(=O)C(=O)/C(=C(\O)c2ccc3c(c2)OCO3)C1c1ccc(OC)c(O)c1. The monoisotopic (exact) mass is 427 g/mol. The van der Waals surface area contributed by atoms with E-state index in [1.165, 1.54) is 31.3 Å². The zero-order valence-electron chi connectivity index (χ0n) is 17.0. The number of ether oxygens (including phenoxy) is 4. The lowest BCUT2D eigenvalue weighted by Gasteiger charge is -2.25. The highest BCUT2D eigenvalue weighted by Gasteiger charge is 2.46. The van der Waals surface area contributed by atoms with Crippen molar-refractivity contribution in [1.29, 1.82) is 0 Å². The number of Topliss-reactive ketones (excluding diaryl/α,β-unsaturated/α-hetero) is 1. The van der Waals surface area contributed by atoms with E-state index in [4.69, 9.17) is 18.9 Å². The second-order valence-corrected chi connectivity index (χ2v) is 6.98. The van der Waals surface area contributed by atoms with Crippen molar-refractivity contribution < 1.29 is 38.7 Å². The zero-order chi connectivity index (χ0) is 22.1. The van der Waals surface area contributed by atoms with Crippen LogP contribution in [0.25, 0.3) is 5.76 Å². The maximum absolute atomic E-state index is 12.9. The Morgan fingerprint density at radius 1 is 1.13 bits per heavy atom. The fraction of sp³-hybridized carbons (Fsp3) is 0.273. The van der Waals surface area contributed by atoms with Gasteiger partial charge in [0.1, 0.15) is 5.76 Å². The van der Waals surface area contributed by atoms with Gasteiger partial charge in [-0.15, -0.1) is 0 Å². The summed E-state index contributed by atoms with van der Waals surface area (Å²) in [5.41, 5.74) is 0.650. The van der Waals surface area contributed by atoms with Crippen molar-refractivity contribution in [2.75, 3.05) is 34.2 Å². The fourth-order valence-corrected chi connectivity index (χ4v) is 3.72. The summed E-state index contributed by atoms with van der Waals surface area (Å²) in [4.78, 5) is 27.0. The maximum Gasteiger partial charge on any atom is 0.295 e. The molecule has 4 rings (SSSR count). The third-order valence-corrected chi connectivity index (χ3v) is 5.24. The number of benzene rings is 2. The molecule has 1 unspecified atom stereocenters. The summed E-state index contributed by atoms with van der Waals surface area (Å²) in [6.45, 7) is 0.373. The molecule has 0 bridgehead atoms. The Balaban J connectivity index is 1.85. The second-order valence-electron chi connectivity index (χ2n) is 6.98. The molecule has 2 aromatic carbocycles. The molecule has 1 atom stereocenters. The molecule has 0 aromatic heterocycles. The number of carbonyl (C=O) groups is 2. The summed E-state index contributed by atoms with van der Waals surface area (Å²) < 4.78 is 20.8. The quantitative estimate of drug-likeness (QED) is 0.410. The maximum atomic E-state index is 12.9. The number of hydrogen-bond donors (Lipinski definition) is 2. The number of hydrogen-bond acceptors (Lipinski definition) is 8. The van der Waals surface area contributed by atoms with Crippen molar-refractivity contribution in [3.63, 3.8) is 0 Å². The number of likely N-dealkylation sites (tertiary alicyclic amines) is 1. The van der Waals surface area contributed by atoms with E-state index in [2.05, 4.69) is 0 Å². The first kappa shape index (κ1) is 20.5. The molecule has 9 nitrogen and oxygen atoms in total. The van der Waals surface area contributed by atoms with E-state index >= 15 is 0 Å². The van der Waals surface area contributed by atoms with Gasteiger partial charge in [0.05, 0.1) is 25.3 Å². The van der Waals surface area contributed by atoms with Crippen LogP contribution < -0.4 is 14.2 Å². The molecule has 2 N–H and O–H groups in total. The lowest BCUT2D eigenvalue weighted by molar-refractivity contribution is -0.140. The molecule has 2 heterocycles. The summed E-state index contributed by atoms with van der Waals surface area (Å²) >= 11 is 0. The van der Waals surface area contributed by atoms with Crippen LogP contribution >= 0.6 is 0 Å². The largest absolute Gasteiger partial charge is 0.507 e. The Bertz CT molecular complexity index is 1080. The van der Waals surface area contributed by atoms with Crippen molar-refractivity contribution in [2.24, 2.45) is 0 Å². The molecule has 2 aromatic rings. The van der Waals surface area contributed by atoms with Gasteiger partial charge in [0, 0.05) is 19.2 Å². The lowest BCUT2D eigenvalue weighted by Crippen LogP contribution is -2.32. The summed E-state index contributed by atoms with van der Waals surface area (Å²) in [6, 6.07) is 8.38. The Morgan fingerprint density at radius 2 is 1.90 bits per heavy atom. The molecule has 0 aliphatic carbocycles. The van der Waals surface area contributed by atoms with Gasteiger partial charge in [0.15, 0.2) is 23.0 Å². The molecule has 0 radical (unpaired) electrons. The van der Waals surface area contributed by atoms with Crippen molar-refractivity contribution in [2.45, 2.75) is 6.04 Å². The molecule has 0 spiro atoms. The molecule has 9 heteroatoms. The molecule has 2 aliphatic heterocycles. The van der Waals surface area contributed by atoms with Gasteiger partial charge in [-0.3, -0.25) is 9.59 Å². The third kappa shape index (κ3) is 3.53. The van der Waals surface area contributed by atoms with Crippen LogP contribution in [0.15, 0.2) is 42.0 Å². The van der Waals surface area contributed by atoms with E-state index in [0.717, 1.165) is 0 Å². The van der Waals surface area contributed by atoms with Gasteiger partial charge >= 0.3 is 0 Å². The number of nitrogens with zero attached hydrogens (tertiary/aromatic N) is 1. The topological polar surface area (TPSA) is 115 Å². The second kappa shape index (κ2) is 8.19. The molecule has 1 amide bonds. The van der Waals surface area contributed by atoms with E-state index < -0.39 is 17.7 Å². The fourth-order valence-electron chi connectivity index (χ4n) is 3.72. The minimum atomic E-state index is -0.919. The van der Waals surface area contributed by atoms with Gasteiger partial charge in [0.25, 0.3) is 11.7 Å². The summed E-state index contributed by atoms with van der Waals surface area (Å²) in [7, 11) is 2.90. The molecule has 1 fully saturated rings. The van der Waals surface area contributed by atoms with E-state index in [9.17, 15) is 19.8 Å².